The van der Waals surface area contributed by atoms with E-state index in [-0.39, 0.29) is 50.1 Å². The van der Waals surface area contributed by atoms with Crippen LogP contribution in [0.3, 0.4) is 0 Å². The summed E-state index contributed by atoms with van der Waals surface area (Å²) in [7, 11) is 0. The number of aliphatic hydroxyl groups excluding tert-OH is 1. The second-order valence-corrected chi connectivity index (χ2v) is 24.2. The summed E-state index contributed by atoms with van der Waals surface area (Å²) < 4.78 is 21.1. The van der Waals surface area contributed by atoms with Crippen LogP contribution in [-0.2, 0) is 25.7 Å². The van der Waals surface area contributed by atoms with E-state index in [0.717, 1.165) is 52.8 Å². The van der Waals surface area contributed by atoms with E-state index in [9.17, 15) is 33.8 Å². The Hall–Kier alpha value is -4.96. The fraction of sp³-hybridized carbons (Fsp3) is 0.566. The number of thiazole rings is 1. The smallest absolute Gasteiger partial charge is 0.258 e. The molecule has 1 aliphatic carbocycles. The van der Waals surface area contributed by atoms with Crippen LogP contribution in [0.4, 0.5) is 15.9 Å². The number of benzene rings is 2. The Labute approximate surface area is 445 Å². The number of piperidine rings is 2. The molecule has 0 radical (unpaired) electrons. The summed E-state index contributed by atoms with van der Waals surface area (Å²) in [4.78, 5) is 75.1. The van der Waals surface area contributed by atoms with Crippen molar-refractivity contribution >= 4 is 69.8 Å². The summed E-state index contributed by atoms with van der Waals surface area (Å²) >= 11 is 9.69. The van der Waals surface area contributed by atoms with E-state index < -0.39 is 52.6 Å². The highest BCUT2D eigenvalue weighted by Gasteiger charge is 2.53. The number of amides is 4. The third-order valence-electron chi connectivity index (χ3n) is 14.9. The Morgan fingerprint density at radius 1 is 1.03 bits per heavy atom. The number of nitrogens with zero attached hydrogens (tertiary/aromatic N) is 6. The van der Waals surface area contributed by atoms with E-state index in [4.69, 9.17) is 22.1 Å². The molecular formula is C53H70ClFN10O7S2. The molecule has 4 amide bonds. The molecular weight excluding hydrogens is 1010 g/mol. The van der Waals surface area contributed by atoms with Gasteiger partial charge in [0.25, 0.3) is 5.91 Å². The third-order valence-corrected chi connectivity index (χ3v) is 17.4. The zero-order chi connectivity index (χ0) is 53.0. The number of aryl methyl sites for hydroxylation is 1. The minimum absolute atomic E-state index is 0.00934. The van der Waals surface area contributed by atoms with Crippen molar-refractivity contribution in [3.63, 3.8) is 0 Å². The van der Waals surface area contributed by atoms with Gasteiger partial charge in [-0.25, -0.2) is 19.3 Å². The number of nitrogens with one attached hydrogen (secondary N) is 3. The van der Waals surface area contributed by atoms with Gasteiger partial charge in [-0.15, -0.1) is 11.3 Å². The second-order valence-electron chi connectivity index (χ2n) is 21.9. The lowest BCUT2D eigenvalue weighted by atomic mass is 9.80. The van der Waals surface area contributed by atoms with E-state index >= 15 is 0 Å². The molecule has 17 nitrogen and oxygen atoms in total. The first-order valence-corrected chi connectivity index (χ1v) is 27.6. The van der Waals surface area contributed by atoms with Gasteiger partial charge in [0.05, 0.1) is 63.9 Å². The predicted octanol–water partition coefficient (Wildman–Crippen LogP) is 6.51. The molecule has 4 fully saturated rings. The average Bonchev–Trinajstić information content (AvgIpc) is 3.78. The van der Waals surface area contributed by atoms with Crippen molar-refractivity contribution in [3.05, 3.63) is 70.6 Å². The van der Waals surface area contributed by atoms with E-state index in [0.29, 0.717) is 79.1 Å². The van der Waals surface area contributed by atoms with Crippen LogP contribution in [0.2, 0.25) is 5.02 Å². The molecule has 21 heteroatoms. The van der Waals surface area contributed by atoms with E-state index in [2.05, 4.69) is 47.6 Å². The van der Waals surface area contributed by atoms with Crippen molar-refractivity contribution < 1.29 is 38.5 Å². The monoisotopic (exact) mass is 1080 g/mol. The number of β-amino-alcohol motifs (C(OH)–C–C–N with tert-alkyl or cyclic N) is 1. The van der Waals surface area contributed by atoms with Gasteiger partial charge in [-0.3, -0.25) is 19.2 Å². The molecule has 4 aliphatic rings. The number of anilines is 2. The first kappa shape index (κ1) is 55.3. The first-order chi connectivity index (χ1) is 35.1. The standard InChI is InChI=1S/C53H70ClFN10O7S2/c1-33-45(73-32-60-33)34-10-11-35(27-59-47(68)38-25-36(66)30-65(38)48(69)46(50(2,3)4)62-49(70)53(55)12-13-53)39(24-34)72-23-7-18-63-19-16-52(71,17-20-63)26-42(67)61-37-8-6-9-40(44(37)54)74-43-29-57-41(28-58-43)64-21-14-51(5,31-56)15-22-64/h6,8-11,24,28-29,32,36,38,46,66,71H,7,12-23,25-27,30-31,56H2,1-5H3,(H,59,68)(H,61,67)(H,62,70)/t36?,38?,46-/m1/s1. The number of halogens is 2. The van der Waals surface area contributed by atoms with Crippen molar-refractivity contribution in [1.82, 2.24) is 35.4 Å². The van der Waals surface area contributed by atoms with Crippen LogP contribution in [-0.4, -0.2) is 140 Å². The lowest BCUT2D eigenvalue weighted by Crippen LogP contribution is -2.59. The van der Waals surface area contributed by atoms with Crippen LogP contribution in [0.25, 0.3) is 10.4 Å². The predicted molar refractivity (Wildman–Crippen MR) is 285 cm³/mol. The Morgan fingerprint density at radius 2 is 1.77 bits per heavy atom. The second kappa shape index (κ2) is 23.1. The Morgan fingerprint density at radius 3 is 2.42 bits per heavy atom. The van der Waals surface area contributed by atoms with Gasteiger partial charge in [0.2, 0.25) is 17.7 Å². The number of alkyl halides is 1. The zero-order valence-electron chi connectivity index (χ0n) is 42.9. The molecule has 3 saturated heterocycles. The highest BCUT2D eigenvalue weighted by molar-refractivity contribution is 7.99. The van der Waals surface area contributed by atoms with Gasteiger partial charge in [0.15, 0.2) is 5.67 Å². The molecule has 7 N–H and O–H groups in total. The number of hydrogen-bond acceptors (Lipinski definition) is 15. The number of carbonyl (C=O) groups excluding carboxylic acids is 4. The number of likely N-dealkylation sites (tertiary alicyclic amines) is 2. The number of carbonyl (C=O) groups is 4. The van der Waals surface area contributed by atoms with Gasteiger partial charge >= 0.3 is 0 Å². The fourth-order valence-electron chi connectivity index (χ4n) is 9.71. The van der Waals surface area contributed by atoms with Gasteiger partial charge in [-0.2, -0.15) is 0 Å². The molecule has 400 valence electrons. The number of hydrogen-bond donors (Lipinski definition) is 6. The molecule has 0 spiro atoms. The largest absolute Gasteiger partial charge is 0.493 e. The highest BCUT2D eigenvalue weighted by Crippen LogP contribution is 2.41. The average molecular weight is 1080 g/mol. The van der Waals surface area contributed by atoms with Crippen LogP contribution in [0.1, 0.15) is 96.7 Å². The minimum Gasteiger partial charge on any atom is -0.493 e. The van der Waals surface area contributed by atoms with Gasteiger partial charge in [0.1, 0.15) is 28.7 Å². The van der Waals surface area contributed by atoms with Crippen LogP contribution < -0.4 is 31.3 Å². The van der Waals surface area contributed by atoms with Crippen LogP contribution in [0.15, 0.2) is 64.2 Å². The molecule has 4 aromatic rings. The van der Waals surface area contributed by atoms with Gasteiger partial charge in [-0.1, -0.05) is 69.3 Å². The lowest BCUT2D eigenvalue weighted by molar-refractivity contribution is -0.145. The molecule has 2 aromatic carbocycles. The van der Waals surface area contributed by atoms with Gasteiger partial charge in [0, 0.05) is 62.7 Å². The fourth-order valence-corrected chi connectivity index (χ4v) is 11.6. The Kier molecular flexibility index (Phi) is 17.3. The van der Waals surface area contributed by atoms with Crippen molar-refractivity contribution in [1.29, 1.82) is 0 Å². The summed E-state index contributed by atoms with van der Waals surface area (Å²) in [5.41, 5.74) is 6.91. The maximum Gasteiger partial charge on any atom is 0.258 e. The molecule has 8 rings (SSSR count). The van der Waals surface area contributed by atoms with Crippen LogP contribution in [0, 0.1) is 17.8 Å². The Bertz CT molecular complexity index is 2650. The third kappa shape index (κ3) is 13.5. The minimum atomic E-state index is -1.98. The number of rotatable bonds is 19. The summed E-state index contributed by atoms with van der Waals surface area (Å²) in [6.45, 7) is 14.1. The summed E-state index contributed by atoms with van der Waals surface area (Å²) in [5.74, 6) is -0.797. The summed E-state index contributed by atoms with van der Waals surface area (Å²) in [5, 5.41) is 31.7. The first-order valence-electron chi connectivity index (χ1n) is 25.6. The number of aromatic nitrogens is 3. The summed E-state index contributed by atoms with van der Waals surface area (Å²) in [6, 6.07) is 9.07. The quantitative estimate of drug-likeness (QED) is 0.0551. The maximum atomic E-state index is 14.7. The number of nitrogens with two attached hydrogens (primary N) is 1. The normalized spacial score (nSPS) is 20.7. The maximum absolute atomic E-state index is 14.7. The summed E-state index contributed by atoms with van der Waals surface area (Å²) in [6.07, 6.45) is 6.18. The molecule has 3 aliphatic heterocycles. The molecule has 0 bridgehead atoms. The lowest BCUT2D eigenvalue weighted by Gasteiger charge is -2.39. The van der Waals surface area contributed by atoms with E-state index in [1.165, 1.54) is 28.0 Å². The molecule has 3 atom stereocenters. The van der Waals surface area contributed by atoms with Gasteiger partial charge < -0.3 is 51.3 Å². The van der Waals surface area contributed by atoms with Crippen molar-refractivity contribution in [2.75, 3.05) is 62.6 Å². The van der Waals surface area contributed by atoms with E-state index in [1.807, 2.05) is 37.3 Å². The van der Waals surface area contributed by atoms with Gasteiger partial charge in [-0.05, 0) is 93.0 Å². The van der Waals surface area contributed by atoms with Crippen molar-refractivity contribution in [2.24, 2.45) is 16.6 Å². The molecule has 1 saturated carbocycles. The molecule has 74 heavy (non-hydrogen) atoms. The van der Waals surface area contributed by atoms with Crippen molar-refractivity contribution in [3.8, 4) is 16.2 Å². The topological polar surface area (TPSA) is 228 Å². The number of ether oxygens (including phenoxy) is 1. The van der Waals surface area contributed by atoms with Crippen LogP contribution >= 0.6 is 34.7 Å². The van der Waals surface area contributed by atoms with E-state index in [1.54, 1.807) is 44.7 Å². The highest BCUT2D eigenvalue weighted by atomic mass is 35.5. The number of aliphatic hydroxyl groups is 2. The van der Waals surface area contributed by atoms with Crippen LogP contribution in [0.5, 0.6) is 5.75 Å². The molecule has 2 unspecified atom stereocenters. The molecule has 5 heterocycles. The zero-order valence-corrected chi connectivity index (χ0v) is 45.3. The molecule has 2 aromatic heterocycles. The SMILES string of the molecule is Cc1ncsc1-c1ccc(CNC(=O)C2CC(O)CN2C(=O)[C@@H](NC(=O)C2(F)CC2)C(C)(C)C)c(OCCCN2CCC(O)(CC(=O)Nc3cccc(Sc4cnc(N5CCC(C)(CN)CC5)cn4)c3Cl)CC2)c1. The van der Waals surface area contributed by atoms with Crippen molar-refractivity contribution in [2.45, 2.75) is 138 Å². The Balaban J connectivity index is 0.813.